The lowest BCUT2D eigenvalue weighted by Gasteiger charge is -2.31. The molecule has 7 heteroatoms. The third-order valence-electron chi connectivity index (χ3n) is 5.26. The third kappa shape index (κ3) is 3.10. The van der Waals surface area contributed by atoms with Crippen molar-refractivity contribution >= 4 is 38.9 Å². The van der Waals surface area contributed by atoms with Gasteiger partial charge in [0.05, 0.1) is 33.7 Å². The van der Waals surface area contributed by atoms with Crippen LogP contribution < -0.4 is 5.32 Å². The molecule has 1 N–H and O–H groups in total. The van der Waals surface area contributed by atoms with Crippen LogP contribution in [0, 0.1) is 0 Å². The number of pyridine rings is 1. The van der Waals surface area contributed by atoms with E-state index in [9.17, 15) is 0 Å². The summed E-state index contributed by atoms with van der Waals surface area (Å²) in [5.41, 5.74) is 3.16. The molecule has 0 bridgehead atoms. The highest BCUT2D eigenvalue weighted by atomic mass is 32.1. The zero-order chi connectivity index (χ0) is 20.0. The fourth-order valence-electron chi connectivity index (χ4n) is 4.01. The van der Waals surface area contributed by atoms with Crippen LogP contribution in [-0.4, -0.2) is 30.6 Å². The Hall–Kier alpha value is -2.77. The number of rotatable bonds is 4. The molecule has 0 spiro atoms. The number of thiocarbonyl (C=S) groups is 1. The molecule has 0 amide bonds. The number of hydrogen-bond acceptors (Lipinski definition) is 4. The summed E-state index contributed by atoms with van der Waals surface area (Å²) in [7, 11) is 0. The van der Waals surface area contributed by atoms with Gasteiger partial charge in [-0.1, -0.05) is 29.5 Å². The van der Waals surface area contributed by atoms with E-state index in [4.69, 9.17) is 17.2 Å². The van der Waals surface area contributed by atoms with Gasteiger partial charge in [0.15, 0.2) is 10.2 Å². The molecular weight excluding hydrogens is 398 g/mol. The van der Waals surface area contributed by atoms with Gasteiger partial charge in [0.1, 0.15) is 0 Å². The van der Waals surface area contributed by atoms with Crippen LogP contribution in [0.15, 0.2) is 67.0 Å². The van der Waals surface area contributed by atoms with E-state index in [1.807, 2.05) is 24.4 Å². The minimum absolute atomic E-state index is 0.0193. The maximum atomic E-state index is 5.72. The molecule has 29 heavy (non-hydrogen) atoms. The smallest absolute Gasteiger partial charge is 0.194 e. The van der Waals surface area contributed by atoms with E-state index in [1.54, 1.807) is 11.3 Å². The first-order chi connectivity index (χ1) is 14.1. The predicted molar refractivity (Wildman–Crippen MR) is 121 cm³/mol. The van der Waals surface area contributed by atoms with Crippen molar-refractivity contribution in [3.63, 3.8) is 0 Å². The number of nitrogens with one attached hydrogen (secondary N) is 1. The first-order valence-electron chi connectivity index (χ1n) is 9.66. The normalized spacial score (nSPS) is 19.3. The quantitative estimate of drug-likeness (QED) is 0.479. The number of thiazole rings is 1. The van der Waals surface area contributed by atoms with Crippen molar-refractivity contribution in [2.24, 2.45) is 0 Å². The molecule has 4 heterocycles. The number of benzene rings is 1. The molecule has 1 fully saturated rings. The van der Waals surface area contributed by atoms with Crippen LogP contribution in [0.4, 0.5) is 0 Å². The molecule has 1 aliphatic rings. The van der Waals surface area contributed by atoms with Crippen molar-refractivity contribution in [2.45, 2.75) is 32.0 Å². The largest absolute Gasteiger partial charge is 0.352 e. The second kappa shape index (κ2) is 7.24. The highest BCUT2D eigenvalue weighted by Gasteiger charge is 2.42. The van der Waals surface area contributed by atoms with Crippen LogP contribution in [0.2, 0.25) is 0 Å². The van der Waals surface area contributed by atoms with Gasteiger partial charge in [-0.2, -0.15) is 0 Å². The van der Waals surface area contributed by atoms with Crippen LogP contribution in [0.3, 0.4) is 0 Å². The van der Waals surface area contributed by atoms with E-state index in [0.717, 1.165) is 27.1 Å². The lowest BCUT2D eigenvalue weighted by atomic mass is 10.0. The maximum Gasteiger partial charge on any atom is 0.194 e. The average Bonchev–Trinajstić information content (AvgIpc) is 3.44. The zero-order valence-corrected chi connectivity index (χ0v) is 17.8. The molecule has 1 aromatic carbocycles. The molecule has 0 saturated carbocycles. The van der Waals surface area contributed by atoms with Crippen molar-refractivity contribution < 1.29 is 0 Å². The summed E-state index contributed by atoms with van der Waals surface area (Å²) in [4.78, 5) is 11.8. The van der Waals surface area contributed by atoms with Gasteiger partial charge < -0.3 is 10.2 Å². The molecule has 3 aromatic heterocycles. The van der Waals surface area contributed by atoms with Crippen LogP contribution in [0.1, 0.15) is 37.3 Å². The summed E-state index contributed by atoms with van der Waals surface area (Å²) >= 11 is 7.42. The zero-order valence-electron chi connectivity index (χ0n) is 16.2. The lowest BCUT2D eigenvalue weighted by Crippen LogP contribution is -2.36. The van der Waals surface area contributed by atoms with Crippen molar-refractivity contribution in [3.8, 4) is 5.13 Å². The Balaban J connectivity index is 1.64. The molecule has 2 unspecified atom stereocenters. The molecule has 5 nitrogen and oxygen atoms in total. The number of para-hydroxylation sites is 1. The highest BCUT2D eigenvalue weighted by Crippen LogP contribution is 2.41. The first-order valence-corrected chi connectivity index (χ1v) is 10.9. The Bertz CT molecular complexity index is 1130. The minimum atomic E-state index is -0.0193. The van der Waals surface area contributed by atoms with E-state index in [-0.39, 0.29) is 18.1 Å². The molecule has 0 radical (unpaired) electrons. The number of aromatic nitrogens is 3. The van der Waals surface area contributed by atoms with Crippen molar-refractivity contribution in [1.82, 2.24) is 24.8 Å². The second-order valence-corrected chi connectivity index (χ2v) is 8.79. The Morgan fingerprint density at radius 2 is 1.90 bits per heavy atom. The third-order valence-corrected chi connectivity index (χ3v) is 6.63. The monoisotopic (exact) mass is 419 g/mol. The molecule has 5 rings (SSSR count). The van der Waals surface area contributed by atoms with E-state index >= 15 is 0 Å². The van der Waals surface area contributed by atoms with Crippen molar-refractivity contribution in [1.29, 1.82) is 0 Å². The van der Waals surface area contributed by atoms with Gasteiger partial charge in [-0.25, -0.2) is 4.98 Å². The lowest BCUT2D eigenvalue weighted by molar-refractivity contribution is 0.262. The van der Waals surface area contributed by atoms with Gasteiger partial charge in [0, 0.05) is 18.4 Å². The van der Waals surface area contributed by atoms with Gasteiger partial charge in [-0.15, -0.1) is 0 Å². The summed E-state index contributed by atoms with van der Waals surface area (Å²) < 4.78 is 3.38. The summed E-state index contributed by atoms with van der Waals surface area (Å²) in [6.45, 7) is 4.35. The van der Waals surface area contributed by atoms with Crippen LogP contribution in [0.25, 0.3) is 15.3 Å². The first kappa shape index (κ1) is 18.3. The summed E-state index contributed by atoms with van der Waals surface area (Å²) in [6.07, 6.45) is 3.92. The Morgan fingerprint density at radius 3 is 2.66 bits per heavy atom. The molecule has 146 valence electrons. The number of hydrogen-bond donors (Lipinski definition) is 1. The fourth-order valence-corrected chi connectivity index (χ4v) is 5.43. The van der Waals surface area contributed by atoms with E-state index < -0.39 is 0 Å². The topological polar surface area (TPSA) is 46.0 Å². The standard InChI is InChI=1S/C22H21N5S2/c1-14(2)27-20(19(25-21(27)28)16-9-5-6-12-23-16)17-10-7-13-26(17)22-24-15-8-3-4-11-18(15)29-22/h3-14,19-20H,1-2H3,(H,25,28). The van der Waals surface area contributed by atoms with E-state index in [2.05, 4.69) is 76.2 Å². The average molecular weight is 420 g/mol. The molecule has 2 atom stereocenters. The fraction of sp³-hybridized carbons (Fsp3) is 0.227. The van der Waals surface area contributed by atoms with E-state index in [0.29, 0.717) is 0 Å². The maximum absolute atomic E-state index is 5.72. The summed E-state index contributed by atoms with van der Waals surface area (Å²) in [6, 6.07) is 18.8. The molecule has 0 aliphatic carbocycles. The number of fused-ring (bicyclic) bond motifs is 1. The predicted octanol–water partition coefficient (Wildman–Crippen LogP) is 4.86. The molecule has 4 aromatic rings. The van der Waals surface area contributed by atoms with Crippen LogP contribution in [0.5, 0.6) is 0 Å². The SMILES string of the molecule is CC(C)N1C(=S)NC(c2ccccn2)C1c1cccn1-c1nc2ccccc2s1. The van der Waals surface area contributed by atoms with Crippen molar-refractivity contribution in [2.75, 3.05) is 0 Å². The van der Waals surface area contributed by atoms with Gasteiger partial charge >= 0.3 is 0 Å². The molecular formula is C22H21N5S2. The molecule has 1 aliphatic heterocycles. The Labute approximate surface area is 179 Å². The van der Waals surface area contributed by atoms with Gasteiger partial charge in [-0.3, -0.25) is 9.55 Å². The molecule has 1 saturated heterocycles. The number of nitrogens with zero attached hydrogens (tertiary/aromatic N) is 4. The van der Waals surface area contributed by atoms with Crippen LogP contribution in [-0.2, 0) is 0 Å². The Morgan fingerprint density at radius 1 is 1.07 bits per heavy atom. The van der Waals surface area contributed by atoms with Gasteiger partial charge in [0.25, 0.3) is 0 Å². The minimum Gasteiger partial charge on any atom is -0.352 e. The van der Waals surface area contributed by atoms with Gasteiger partial charge in [0.2, 0.25) is 0 Å². The Kier molecular flexibility index (Phi) is 4.56. The van der Waals surface area contributed by atoms with E-state index in [1.165, 1.54) is 4.70 Å². The summed E-state index contributed by atoms with van der Waals surface area (Å²) in [5.74, 6) is 0. The van der Waals surface area contributed by atoms with Crippen LogP contribution >= 0.6 is 23.6 Å². The highest BCUT2D eigenvalue weighted by molar-refractivity contribution is 7.80. The summed E-state index contributed by atoms with van der Waals surface area (Å²) in [5, 5.41) is 5.24. The van der Waals surface area contributed by atoms with Crippen molar-refractivity contribution in [3.05, 3.63) is 78.4 Å². The second-order valence-electron chi connectivity index (χ2n) is 7.39. The van der Waals surface area contributed by atoms with Gasteiger partial charge in [-0.05, 0) is 62.5 Å².